The van der Waals surface area contributed by atoms with Crippen molar-refractivity contribution in [3.8, 4) is 5.88 Å². The van der Waals surface area contributed by atoms with Crippen LogP contribution in [-0.2, 0) is 16.6 Å². The van der Waals surface area contributed by atoms with Crippen LogP contribution in [0.5, 0.6) is 5.88 Å². The molecule has 168 valence electrons. The van der Waals surface area contributed by atoms with Gasteiger partial charge in [0.25, 0.3) is 0 Å². The fourth-order valence-electron chi connectivity index (χ4n) is 3.46. The molecule has 1 heterocycles. The molecule has 4 N–H and O–H groups in total. The van der Waals surface area contributed by atoms with Crippen molar-refractivity contribution in [2.45, 2.75) is 18.4 Å². The summed E-state index contributed by atoms with van der Waals surface area (Å²) < 4.78 is 24.9. The van der Waals surface area contributed by atoms with E-state index in [0.29, 0.717) is 17.9 Å². The molecule has 10 heteroatoms. The van der Waals surface area contributed by atoms with Gasteiger partial charge in [-0.25, -0.2) is 13.6 Å². The number of aromatic nitrogens is 1. The molecule has 0 amide bonds. The number of anilines is 1. The van der Waals surface area contributed by atoms with Crippen LogP contribution in [0.4, 0.5) is 11.4 Å². The first-order chi connectivity index (χ1) is 15.7. The van der Waals surface area contributed by atoms with Crippen molar-refractivity contribution in [2.75, 3.05) is 5.32 Å². The summed E-state index contributed by atoms with van der Waals surface area (Å²) in [4.78, 5) is -0.0515. The van der Waals surface area contributed by atoms with Gasteiger partial charge in [-0.3, -0.25) is 0 Å². The minimum Gasteiger partial charge on any atom is -0.493 e. The van der Waals surface area contributed by atoms with Crippen LogP contribution >= 0.6 is 12.2 Å². The van der Waals surface area contributed by atoms with Crippen LogP contribution in [0.1, 0.15) is 11.1 Å². The Bertz CT molecular complexity index is 1480. The third-order valence-electron chi connectivity index (χ3n) is 5.00. The van der Waals surface area contributed by atoms with Crippen molar-refractivity contribution in [1.82, 2.24) is 4.57 Å². The van der Waals surface area contributed by atoms with Crippen molar-refractivity contribution in [1.29, 1.82) is 0 Å². The first-order valence-corrected chi connectivity index (χ1v) is 11.9. The van der Waals surface area contributed by atoms with Gasteiger partial charge in [-0.05, 0) is 55.0 Å². The van der Waals surface area contributed by atoms with E-state index in [0.717, 1.165) is 22.0 Å². The van der Waals surface area contributed by atoms with Gasteiger partial charge in [-0.1, -0.05) is 48.0 Å². The number of aryl methyl sites for hydroxylation is 1. The van der Waals surface area contributed by atoms with Crippen LogP contribution in [0.15, 0.2) is 87.9 Å². The first-order valence-electron chi connectivity index (χ1n) is 9.94. The maximum atomic E-state index is 11.5. The minimum atomic E-state index is -3.85. The SMILES string of the molecule is Cc1ccc2c(c1)c(N=NC(=S)Nc1cccc(S(N)(=O)=O)c1)c(O)n2Cc1ccccc1. The average molecular weight is 480 g/mol. The predicted molar refractivity (Wildman–Crippen MR) is 132 cm³/mol. The van der Waals surface area contributed by atoms with Gasteiger partial charge in [0.2, 0.25) is 21.0 Å². The van der Waals surface area contributed by atoms with E-state index in [9.17, 15) is 13.5 Å². The van der Waals surface area contributed by atoms with Gasteiger partial charge in [-0.15, -0.1) is 10.2 Å². The summed E-state index contributed by atoms with van der Waals surface area (Å²) in [7, 11) is -3.85. The Morgan fingerprint density at radius 1 is 1.09 bits per heavy atom. The third kappa shape index (κ3) is 5.08. The van der Waals surface area contributed by atoms with Crippen molar-refractivity contribution in [3.05, 3.63) is 83.9 Å². The number of thiocarbonyl (C=S) groups is 1. The van der Waals surface area contributed by atoms with Crippen LogP contribution in [0, 0.1) is 6.92 Å². The monoisotopic (exact) mass is 479 g/mol. The highest BCUT2D eigenvalue weighted by atomic mass is 32.2. The quantitative estimate of drug-likeness (QED) is 0.279. The normalized spacial score (nSPS) is 11.8. The Morgan fingerprint density at radius 2 is 1.85 bits per heavy atom. The topological polar surface area (TPSA) is 122 Å². The number of fused-ring (bicyclic) bond motifs is 1. The molecular weight excluding hydrogens is 458 g/mol. The Balaban J connectivity index is 1.65. The van der Waals surface area contributed by atoms with E-state index in [1.54, 1.807) is 10.6 Å². The van der Waals surface area contributed by atoms with Crippen molar-refractivity contribution < 1.29 is 13.5 Å². The predicted octanol–water partition coefficient (Wildman–Crippen LogP) is 4.83. The number of azo groups is 1. The summed E-state index contributed by atoms with van der Waals surface area (Å²) in [5.41, 5.74) is 3.55. The highest BCUT2D eigenvalue weighted by Gasteiger charge is 2.17. The Kier molecular flexibility index (Phi) is 6.23. The number of sulfonamides is 1. The van der Waals surface area contributed by atoms with Gasteiger partial charge in [0.05, 0.1) is 17.0 Å². The van der Waals surface area contributed by atoms with Gasteiger partial charge in [0.15, 0.2) is 5.69 Å². The van der Waals surface area contributed by atoms with E-state index >= 15 is 0 Å². The van der Waals surface area contributed by atoms with E-state index < -0.39 is 10.0 Å². The molecular formula is C23H21N5O3S2. The second-order valence-electron chi connectivity index (χ2n) is 7.47. The molecule has 0 saturated carbocycles. The molecule has 1 aromatic heterocycles. The van der Waals surface area contributed by atoms with E-state index in [2.05, 4.69) is 15.5 Å². The molecule has 8 nitrogen and oxygen atoms in total. The van der Waals surface area contributed by atoms with E-state index in [-0.39, 0.29) is 15.9 Å². The highest BCUT2D eigenvalue weighted by molar-refractivity contribution is 7.89. The fraction of sp³-hybridized carbons (Fsp3) is 0.0870. The summed E-state index contributed by atoms with van der Waals surface area (Å²) in [5, 5.41) is 27.9. The van der Waals surface area contributed by atoms with Crippen LogP contribution in [0.2, 0.25) is 0 Å². The molecule has 0 radical (unpaired) electrons. The van der Waals surface area contributed by atoms with Crippen LogP contribution in [0.25, 0.3) is 10.9 Å². The van der Waals surface area contributed by atoms with Crippen molar-refractivity contribution in [3.63, 3.8) is 0 Å². The zero-order chi connectivity index (χ0) is 23.6. The minimum absolute atomic E-state index is 0.00224. The molecule has 0 aliphatic heterocycles. The molecule has 0 fully saturated rings. The molecule has 0 spiro atoms. The third-order valence-corrected chi connectivity index (χ3v) is 6.10. The van der Waals surface area contributed by atoms with Crippen molar-refractivity contribution >= 4 is 49.6 Å². The number of nitrogens with one attached hydrogen (secondary N) is 1. The summed E-state index contributed by atoms with van der Waals surface area (Å²) in [5.74, 6) is -0.0257. The molecule has 0 aliphatic rings. The van der Waals surface area contributed by atoms with E-state index in [4.69, 9.17) is 17.4 Å². The van der Waals surface area contributed by atoms with Gasteiger partial charge in [-0.2, -0.15) is 0 Å². The van der Waals surface area contributed by atoms with Crippen LogP contribution in [0.3, 0.4) is 0 Å². The Labute approximate surface area is 196 Å². The standard InChI is InChI=1S/C23H21N5O3S2/c1-15-10-11-20-19(12-15)21(22(29)28(20)14-16-6-3-2-4-7-16)26-27-23(32)25-17-8-5-9-18(13-17)33(24,30)31/h2-13,29H,14H2,1H3,(H,25,32)(H2,24,30,31). The second kappa shape index (κ2) is 9.10. The zero-order valence-corrected chi connectivity index (χ0v) is 19.3. The molecule has 33 heavy (non-hydrogen) atoms. The lowest BCUT2D eigenvalue weighted by Gasteiger charge is -2.07. The van der Waals surface area contributed by atoms with E-state index in [1.807, 2.05) is 55.5 Å². The first kappa shape index (κ1) is 22.6. The van der Waals surface area contributed by atoms with Gasteiger partial charge in [0, 0.05) is 11.1 Å². The number of nitrogens with two attached hydrogens (primary N) is 1. The second-order valence-corrected chi connectivity index (χ2v) is 9.42. The number of primary sulfonamides is 1. The molecule has 4 rings (SSSR count). The summed E-state index contributed by atoms with van der Waals surface area (Å²) in [6.45, 7) is 2.42. The fourth-order valence-corrected chi connectivity index (χ4v) is 4.17. The molecule has 0 saturated heterocycles. The lowest BCUT2D eigenvalue weighted by Crippen LogP contribution is -2.13. The Morgan fingerprint density at radius 3 is 2.58 bits per heavy atom. The number of hydrogen-bond donors (Lipinski definition) is 3. The number of hydrogen-bond acceptors (Lipinski definition) is 5. The number of rotatable bonds is 5. The van der Waals surface area contributed by atoms with Crippen LogP contribution < -0.4 is 10.5 Å². The average Bonchev–Trinajstić information content (AvgIpc) is 3.03. The number of nitrogens with zero attached hydrogens (tertiary/aromatic N) is 3. The molecule has 0 unspecified atom stereocenters. The summed E-state index contributed by atoms with van der Waals surface area (Å²) >= 11 is 5.23. The molecule has 4 aromatic rings. The van der Waals surface area contributed by atoms with Gasteiger partial charge in [0.1, 0.15) is 0 Å². The smallest absolute Gasteiger partial charge is 0.238 e. The molecule has 0 atom stereocenters. The molecule has 0 aliphatic carbocycles. The lowest BCUT2D eigenvalue weighted by atomic mass is 10.1. The molecule has 0 bridgehead atoms. The number of aromatic hydroxyl groups is 1. The maximum Gasteiger partial charge on any atom is 0.238 e. The zero-order valence-electron chi connectivity index (χ0n) is 17.6. The van der Waals surface area contributed by atoms with Gasteiger partial charge >= 0.3 is 0 Å². The maximum absolute atomic E-state index is 11.5. The van der Waals surface area contributed by atoms with Crippen LogP contribution in [-0.4, -0.2) is 23.2 Å². The van der Waals surface area contributed by atoms with Crippen molar-refractivity contribution in [2.24, 2.45) is 15.4 Å². The number of benzene rings is 3. The lowest BCUT2D eigenvalue weighted by molar-refractivity contribution is 0.429. The van der Waals surface area contributed by atoms with E-state index in [1.165, 1.54) is 18.2 Å². The summed E-state index contributed by atoms with van der Waals surface area (Å²) in [6.07, 6.45) is 0. The summed E-state index contributed by atoms with van der Waals surface area (Å²) in [6, 6.07) is 21.5. The van der Waals surface area contributed by atoms with Gasteiger partial charge < -0.3 is 15.0 Å². The largest absolute Gasteiger partial charge is 0.493 e. The Hall–Kier alpha value is -3.60. The highest BCUT2D eigenvalue weighted by Crippen LogP contribution is 2.39. The molecule has 3 aromatic carbocycles.